The predicted molar refractivity (Wildman–Crippen MR) is 67.0 cm³/mol. The first-order valence-corrected chi connectivity index (χ1v) is 6.07. The molecule has 0 bridgehead atoms. The molecule has 16 heavy (non-hydrogen) atoms. The van der Waals surface area contributed by atoms with Crippen molar-refractivity contribution in [3.63, 3.8) is 0 Å². The second-order valence-corrected chi connectivity index (χ2v) is 4.59. The second kappa shape index (κ2) is 4.82. The lowest BCUT2D eigenvalue weighted by Crippen LogP contribution is -2.07. The average Bonchev–Trinajstić information content (AvgIpc) is 2.74. The number of benzene rings is 1. The number of nitrogens with two attached hydrogens (primary N) is 1. The van der Waals surface area contributed by atoms with Gasteiger partial charge in [0.15, 0.2) is 0 Å². The molecule has 0 saturated heterocycles. The minimum absolute atomic E-state index is 0.465. The van der Waals surface area contributed by atoms with Gasteiger partial charge in [-0.25, -0.2) is 0 Å². The standard InChI is InChI=1S/C12H15NO2S/c1-15-11-6-8-3-5-16-12(8)7-9(11)10(14)2-4-13/h3,5-7,10,14H,2,4,13H2,1H3. The van der Waals surface area contributed by atoms with Crippen molar-refractivity contribution in [3.05, 3.63) is 29.1 Å². The van der Waals surface area contributed by atoms with E-state index in [4.69, 9.17) is 10.5 Å². The zero-order valence-corrected chi connectivity index (χ0v) is 9.96. The lowest BCUT2D eigenvalue weighted by Gasteiger charge is -2.14. The van der Waals surface area contributed by atoms with E-state index in [1.165, 1.54) is 0 Å². The van der Waals surface area contributed by atoms with Gasteiger partial charge in [-0.2, -0.15) is 0 Å². The maximum Gasteiger partial charge on any atom is 0.125 e. The molecular weight excluding hydrogens is 222 g/mol. The van der Waals surface area contributed by atoms with E-state index in [1.54, 1.807) is 18.4 Å². The molecule has 0 spiro atoms. The molecule has 86 valence electrons. The molecule has 4 heteroatoms. The summed E-state index contributed by atoms with van der Waals surface area (Å²) in [5.74, 6) is 0.729. The van der Waals surface area contributed by atoms with Gasteiger partial charge in [0.1, 0.15) is 5.75 Å². The fourth-order valence-corrected chi connectivity index (χ4v) is 2.57. The van der Waals surface area contributed by atoms with E-state index in [0.29, 0.717) is 13.0 Å². The summed E-state index contributed by atoms with van der Waals surface area (Å²) in [5.41, 5.74) is 6.27. The van der Waals surface area contributed by atoms with Crippen LogP contribution >= 0.6 is 11.3 Å². The highest BCUT2D eigenvalue weighted by Crippen LogP contribution is 2.33. The molecule has 2 rings (SSSR count). The first-order chi connectivity index (χ1) is 7.76. The van der Waals surface area contributed by atoms with E-state index in [2.05, 4.69) is 0 Å². The van der Waals surface area contributed by atoms with Crippen LogP contribution in [0.1, 0.15) is 18.1 Å². The Labute approximate surface area is 98.5 Å². The Kier molecular flexibility index (Phi) is 3.43. The number of aliphatic hydroxyl groups excluding tert-OH is 1. The van der Waals surface area contributed by atoms with Gasteiger partial charge in [0, 0.05) is 10.3 Å². The van der Waals surface area contributed by atoms with E-state index in [0.717, 1.165) is 21.4 Å². The molecule has 1 unspecified atom stereocenters. The maximum absolute atomic E-state index is 9.97. The predicted octanol–water partition coefficient (Wildman–Crippen LogP) is 2.29. The summed E-state index contributed by atoms with van der Waals surface area (Å²) in [7, 11) is 1.62. The molecule has 1 aromatic heterocycles. The first kappa shape index (κ1) is 11.4. The van der Waals surface area contributed by atoms with Crippen molar-refractivity contribution >= 4 is 21.4 Å². The molecule has 3 nitrogen and oxygen atoms in total. The van der Waals surface area contributed by atoms with Crippen molar-refractivity contribution in [3.8, 4) is 5.75 Å². The van der Waals surface area contributed by atoms with Gasteiger partial charge in [0.25, 0.3) is 0 Å². The molecule has 0 fully saturated rings. The van der Waals surface area contributed by atoms with Crippen LogP contribution < -0.4 is 10.5 Å². The van der Waals surface area contributed by atoms with Crippen LogP contribution in [-0.4, -0.2) is 18.8 Å². The van der Waals surface area contributed by atoms with Gasteiger partial charge in [-0.05, 0) is 41.9 Å². The summed E-state index contributed by atoms with van der Waals surface area (Å²) in [6.45, 7) is 0.465. The summed E-state index contributed by atoms with van der Waals surface area (Å²) < 4.78 is 6.45. The third-order valence-corrected chi connectivity index (χ3v) is 3.48. The number of rotatable bonds is 4. The molecule has 0 aliphatic heterocycles. The summed E-state index contributed by atoms with van der Waals surface area (Å²) in [4.78, 5) is 0. The molecule has 1 heterocycles. The molecule has 1 atom stereocenters. The van der Waals surface area contributed by atoms with Gasteiger partial charge in [0.05, 0.1) is 13.2 Å². The van der Waals surface area contributed by atoms with E-state index in [1.807, 2.05) is 23.6 Å². The lowest BCUT2D eigenvalue weighted by molar-refractivity contribution is 0.166. The van der Waals surface area contributed by atoms with Crippen LogP contribution in [0.5, 0.6) is 5.75 Å². The van der Waals surface area contributed by atoms with E-state index < -0.39 is 6.10 Å². The van der Waals surface area contributed by atoms with Crippen molar-refractivity contribution in [1.29, 1.82) is 0 Å². The van der Waals surface area contributed by atoms with Gasteiger partial charge < -0.3 is 15.6 Å². The van der Waals surface area contributed by atoms with Crippen LogP contribution in [0.15, 0.2) is 23.6 Å². The summed E-state index contributed by atoms with van der Waals surface area (Å²) >= 11 is 1.66. The Hall–Kier alpha value is -1.10. The topological polar surface area (TPSA) is 55.5 Å². The Bertz CT molecular complexity index is 481. The van der Waals surface area contributed by atoms with Crippen molar-refractivity contribution in [2.24, 2.45) is 5.73 Å². The fourth-order valence-electron chi connectivity index (χ4n) is 1.75. The molecule has 0 saturated carbocycles. The summed E-state index contributed by atoms with van der Waals surface area (Å²) in [6.07, 6.45) is -0.000732. The third-order valence-electron chi connectivity index (χ3n) is 2.60. The molecule has 0 amide bonds. The smallest absolute Gasteiger partial charge is 0.125 e. The highest BCUT2D eigenvalue weighted by atomic mass is 32.1. The fraction of sp³-hybridized carbons (Fsp3) is 0.333. The molecule has 0 aliphatic carbocycles. The molecule has 1 aromatic carbocycles. The van der Waals surface area contributed by atoms with Crippen LogP contribution in [-0.2, 0) is 0 Å². The number of ether oxygens (including phenoxy) is 1. The molecular formula is C12H15NO2S. The number of hydrogen-bond acceptors (Lipinski definition) is 4. The van der Waals surface area contributed by atoms with Crippen LogP contribution in [0.2, 0.25) is 0 Å². The van der Waals surface area contributed by atoms with E-state index >= 15 is 0 Å². The van der Waals surface area contributed by atoms with Gasteiger partial charge in [-0.15, -0.1) is 11.3 Å². The van der Waals surface area contributed by atoms with Gasteiger partial charge in [0.2, 0.25) is 0 Å². The zero-order valence-electron chi connectivity index (χ0n) is 9.14. The Morgan fingerprint density at radius 3 is 3.00 bits per heavy atom. The molecule has 0 aliphatic rings. The highest BCUT2D eigenvalue weighted by Gasteiger charge is 2.14. The molecule has 2 aromatic rings. The SMILES string of the molecule is COc1cc2ccsc2cc1C(O)CCN. The van der Waals surface area contributed by atoms with Gasteiger partial charge in [-0.3, -0.25) is 0 Å². The minimum Gasteiger partial charge on any atom is -0.496 e. The third kappa shape index (κ3) is 2.04. The van der Waals surface area contributed by atoms with E-state index in [-0.39, 0.29) is 0 Å². The maximum atomic E-state index is 9.97. The summed E-state index contributed by atoms with van der Waals surface area (Å²) in [5, 5.41) is 13.1. The minimum atomic E-state index is -0.550. The van der Waals surface area contributed by atoms with Crippen molar-refractivity contribution in [2.75, 3.05) is 13.7 Å². The number of thiophene rings is 1. The van der Waals surface area contributed by atoms with Crippen LogP contribution in [0, 0.1) is 0 Å². The highest BCUT2D eigenvalue weighted by molar-refractivity contribution is 7.17. The normalized spacial score (nSPS) is 12.9. The van der Waals surface area contributed by atoms with Crippen LogP contribution in [0.4, 0.5) is 0 Å². The number of aliphatic hydroxyl groups is 1. The Balaban J connectivity index is 2.48. The number of fused-ring (bicyclic) bond motifs is 1. The summed E-state index contributed by atoms with van der Waals surface area (Å²) in [6, 6.07) is 5.99. The Morgan fingerprint density at radius 2 is 2.31 bits per heavy atom. The molecule has 0 radical (unpaired) electrons. The van der Waals surface area contributed by atoms with Gasteiger partial charge >= 0.3 is 0 Å². The average molecular weight is 237 g/mol. The van der Waals surface area contributed by atoms with Crippen molar-refractivity contribution in [1.82, 2.24) is 0 Å². The molecule has 3 N–H and O–H groups in total. The zero-order chi connectivity index (χ0) is 11.5. The first-order valence-electron chi connectivity index (χ1n) is 5.19. The van der Waals surface area contributed by atoms with Crippen molar-refractivity contribution < 1.29 is 9.84 Å². The van der Waals surface area contributed by atoms with Crippen molar-refractivity contribution in [2.45, 2.75) is 12.5 Å². The van der Waals surface area contributed by atoms with E-state index in [9.17, 15) is 5.11 Å². The largest absolute Gasteiger partial charge is 0.496 e. The number of methoxy groups -OCH3 is 1. The quantitative estimate of drug-likeness (QED) is 0.857. The van der Waals surface area contributed by atoms with Crippen LogP contribution in [0.3, 0.4) is 0 Å². The lowest BCUT2D eigenvalue weighted by atomic mass is 10.0. The van der Waals surface area contributed by atoms with Gasteiger partial charge in [-0.1, -0.05) is 0 Å². The monoisotopic (exact) mass is 237 g/mol. The second-order valence-electron chi connectivity index (χ2n) is 3.65. The Morgan fingerprint density at radius 1 is 1.50 bits per heavy atom. The van der Waals surface area contributed by atoms with Crippen LogP contribution in [0.25, 0.3) is 10.1 Å². The number of hydrogen-bond donors (Lipinski definition) is 2.